The van der Waals surface area contributed by atoms with Gasteiger partial charge < -0.3 is 9.64 Å². The molecular formula is C26H23ClN2O2. The number of nitrogens with zero attached hydrogens (tertiary/aromatic N) is 2. The normalized spacial score (nSPS) is 10.8. The van der Waals surface area contributed by atoms with E-state index in [1.165, 1.54) is 0 Å². The smallest absolute Gasteiger partial charge is 0.254 e. The first-order chi connectivity index (χ1) is 15.0. The van der Waals surface area contributed by atoms with Crippen molar-refractivity contribution in [1.29, 1.82) is 0 Å². The Bertz CT molecular complexity index is 1210. The number of para-hydroxylation sites is 1. The van der Waals surface area contributed by atoms with Gasteiger partial charge in [-0.1, -0.05) is 60.1 Å². The SMILES string of the molecule is COc1ccc(CN(Cc2cc3cccc(C)c3nc2Cl)C(=O)c2ccccc2)cc1. The molecule has 0 radical (unpaired) electrons. The van der Waals surface area contributed by atoms with Crippen molar-refractivity contribution >= 4 is 28.4 Å². The van der Waals surface area contributed by atoms with Crippen LogP contribution in [0.1, 0.15) is 27.0 Å². The monoisotopic (exact) mass is 430 g/mol. The molecule has 1 aromatic heterocycles. The number of carbonyl (C=O) groups excluding carboxylic acids is 1. The van der Waals surface area contributed by atoms with Crippen LogP contribution in [0, 0.1) is 6.92 Å². The molecule has 0 aliphatic heterocycles. The largest absolute Gasteiger partial charge is 0.497 e. The number of rotatable bonds is 6. The highest BCUT2D eigenvalue weighted by molar-refractivity contribution is 6.30. The maximum Gasteiger partial charge on any atom is 0.254 e. The summed E-state index contributed by atoms with van der Waals surface area (Å²) in [5.41, 5.74) is 4.41. The number of ether oxygens (including phenoxy) is 1. The van der Waals surface area contributed by atoms with Gasteiger partial charge in [-0.25, -0.2) is 4.98 Å². The van der Waals surface area contributed by atoms with Gasteiger partial charge in [0.2, 0.25) is 0 Å². The second kappa shape index (κ2) is 9.19. The van der Waals surface area contributed by atoms with E-state index in [4.69, 9.17) is 16.3 Å². The molecule has 1 heterocycles. The van der Waals surface area contributed by atoms with Crippen LogP contribution in [-0.2, 0) is 13.1 Å². The lowest BCUT2D eigenvalue weighted by atomic mass is 10.1. The zero-order valence-electron chi connectivity index (χ0n) is 17.5. The molecule has 0 saturated heterocycles. The van der Waals surface area contributed by atoms with Crippen molar-refractivity contribution in [3.8, 4) is 5.75 Å². The Balaban J connectivity index is 1.69. The molecule has 4 rings (SSSR count). The van der Waals surface area contributed by atoms with E-state index in [9.17, 15) is 4.79 Å². The van der Waals surface area contributed by atoms with Gasteiger partial charge in [-0.3, -0.25) is 4.79 Å². The number of aromatic nitrogens is 1. The molecule has 0 aliphatic carbocycles. The molecule has 4 nitrogen and oxygen atoms in total. The third kappa shape index (κ3) is 4.70. The lowest BCUT2D eigenvalue weighted by Crippen LogP contribution is -2.30. The maximum absolute atomic E-state index is 13.3. The molecule has 0 saturated carbocycles. The summed E-state index contributed by atoms with van der Waals surface area (Å²) in [6.07, 6.45) is 0. The quantitative estimate of drug-likeness (QED) is 0.350. The summed E-state index contributed by atoms with van der Waals surface area (Å²) in [6, 6.07) is 25.1. The standard InChI is InChI=1S/C26H23ClN2O2/c1-18-7-6-10-21-15-22(25(27)28-24(18)21)17-29(26(30)20-8-4-3-5-9-20)16-19-11-13-23(31-2)14-12-19/h3-15H,16-17H2,1-2H3. The first-order valence-corrected chi connectivity index (χ1v) is 10.4. The summed E-state index contributed by atoms with van der Waals surface area (Å²) in [7, 11) is 1.64. The number of fused-ring (bicyclic) bond motifs is 1. The molecule has 0 unspecified atom stereocenters. The molecule has 31 heavy (non-hydrogen) atoms. The molecule has 3 aromatic carbocycles. The van der Waals surface area contributed by atoms with Crippen molar-refractivity contribution in [3.05, 3.63) is 106 Å². The highest BCUT2D eigenvalue weighted by Gasteiger charge is 2.19. The van der Waals surface area contributed by atoms with E-state index < -0.39 is 0 Å². The number of aryl methyl sites for hydroxylation is 1. The van der Waals surface area contributed by atoms with Gasteiger partial charge in [-0.2, -0.15) is 0 Å². The second-order valence-electron chi connectivity index (χ2n) is 7.46. The third-order valence-corrected chi connectivity index (χ3v) is 5.60. The number of methoxy groups -OCH3 is 1. The summed E-state index contributed by atoms with van der Waals surface area (Å²) in [4.78, 5) is 19.7. The first kappa shape index (κ1) is 20.9. The van der Waals surface area contributed by atoms with Crippen LogP contribution in [0.4, 0.5) is 0 Å². The van der Waals surface area contributed by atoms with Crippen LogP contribution in [0.15, 0.2) is 78.9 Å². The molecule has 0 atom stereocenters. The van der Waals surface area contributed by atoms with Gasteiger partial charge in [0, 0.05) is 29.6 Å². The first-order valence-electron chi connectivity index (χ1n) is 10.1. The van der Waals surface area contributed by atoms with Crippen molar-refractivity contribution in [1.82, 2.24) is 9.88 Å². The van der Waals surface area contributed by atoms with E-state index in [1.807, 2.05) is 85.8 Å². The second-order valence-corrected chi connectivity index (χ2v) is 7.82. The van der Waals surface area contributed by atoms with Gasteiger partial charge >= 0.3 is 0 Å². The predicted molar refractivity (Wildman–Crippen MR) is 125 cm³/mol. The third-order valence-electron chi connectivity index (χ3n) is 5.28. The Kier molecular flexibility index (Phi) is 6.19. The van der Waals surface area contributed by atoms with Crippen LogP contribution < -0.4 is 4.74 Å². The maximum atomic E-state index is 13.3. The van der Waals surface area contributed by atoms with E-state index in [0.29, 0.717) is 23.8 Å². The van der Waals surface area contributed by atoms with Gasteiger partial charge in [-0.15, -0.1) is 0 Å². The fourth-order valence-electron chi connectivity index (χ4n) is 3.60. The fourth-order valence-corrected chi connectivity index (χ4v) is 3.80. The Morgan fingerprint density at radius 3 is 2.42 bits per heavy atom. The molecule has 156 valence electrons. The number of benzene rings is 3. The van der Waals surface area contributed by atoms with Gasteiger partial charge in [0.1, 0.15) is 10.9 Å². The molecule has 1 amide bonds. The van der Waals surface area contributed by atoms with E-state index in [0.717, 1.165) is 33.3 Å². The predicted octanol–water partition coefficient (Wildman–Crippen LogP) is 6.05. The van der Waals surface area contributed by atoms with Crippen LogP contribution in [0.3, 0.4) is 0 Å². The topological polar surface area (TPSA) is 42.4 Å². The summed E-state index contributed by atoms with van der Waals surface area (Å²) in [5.74, 6) is 0.721. The van der Waals surface area contributed by atoms with Crippen LogP contribution in [0.2, 0.25) is 5.15 Å². The molecule has 0 fully saturated rings. The van der Waals surface area contributed by atoms with Gasteiger partial charge in [-0.05, 0) is 48.4 Å². The zero-order valence-corrected chi connectivity index (χ0v) is 18.3. The Morgan fingerprint density at radius 2 is 1.71 bits per heavy atom. The number of halogens is 1. The van der Waals surface area contributed by atoms with E-state index in [1.54, 1.807) is 12.0 Å². The van der Waals surface area contributed by atoms with Crippen molar-refractivity contribution < 1.29 is 9.53 Å². The molecule has 4 aromatic rings. The lowest BCUT2D eigenvalue weighted by molar-refractivity contribution is 0.0730. The fraction of sp³-hybridized carbons (Fsp3) is 0.154. The number of hydrogen-bond acceptors (Lipinski definition) is 3. The van der Waals surface area contributed by atoms with Crippen LogP contribution in [0.5, 0.6) is 5.75 Å². The molecule has 0 bridgehead atoms. The minimum Gasteiger partial charge on any atom is -0.497 e. The molecule has 0 spiro atoms. The highest BCUT2D eigenvalue weighted by Crippen LogP contribution is 2.25. The van der Waals surface area contributed by atoms with E-state index in [-0.39, 0.29) is 5.91 Å². The van der Waals surface area contributed by atoms with E-state index >= 15 is 0 Å². The van der Waals surface area contributed by atoms with Crippen molar-refractivity contribution in [2.75, 3.05) is 7.11 Å². The number of hydrogen-bond donors (Lipinski definition) is 0. The van der Waals surface area contributed by atoms with Crippen molar-refractivity contribution in [2.24, 2.45) is 0 Å². The van der Waals surface area contributed by atoms with E-state index in [2.05, 4.69) is 4.98 Å². The molecule has 0 aliphatic rings. The Morgan fingerprint density at radius 1 is 0.968 bits per heavy atom. The van der Waals surface area contributed by atoms with Crippen LogP contribution >= 0.6 is 11.6 Å². The number of amides is 1. The van der Waals surface area contributed by atoms with Crippen molar-refractivity contribution in [3.63, 3.8) is 0 Å². The summed E-state index contributed by atoms with van der Waals surface area (Å²) in [5, 5.41) is 1.43. The summed E-state index contributed by atoms with van der Waals surface area (Å²) in [6.45, 7) is 2.82. The zero-order chi connectivity index (χ0) is 21.8. The minimum absolute atomic E-state index is 0.0585. The molecule has 0 N–H and O–H groups in total. The lowest BCUT2D eigenvalue weighted by Gasteiger charge is -2.24. The van der Waals surface area contributed by atoms with Crippen LogP contribution in [-0.4, -0.2) is 22.9 Å². The average Bonchev–Trinajstić information content (AvgIpc) is 2.80. The number of pyridine rings is 1. The highest BCUT2D eigenvalue weighted by atomic mass is 35.5. The minimum atomic E-state index is -0.0585. The average molecular weight is 431 g/mol. The molecular weight excluding hydrogens is 408 g/mol. The van der Waals surface area contributed by atoms with Gasteiger partial charge in [0.25, 0.3) is 5.91 Å². The molecule has 5 heteroatoms. The number of carbonyl (C=O) groups is 1. The van der Waals surface area contributed by atoms with Gasteiger partial charge in [0.05, 0.1) is 12.6 Å². The summed E-state index contributed by atoms with van der Waals surface area (Å²) < 4.78 is 5.25. The van der Waals surface area contributed by atoms with Crippen LogP contribution in [0.25, 0.3) is 10.9 Å². The Labute approximate surface area is 187 Å². The van der Waals surface area contributed by atoms with Crippen molar-refractivity contribution in [2.45, 2.75) is 20.0 Å². The van der Waals surface area contributed by atoms with Gasteiger partial charge in [0.15, 0.2) is 0 Å². The Hall–Kier alpha value is -3.37. The summed E-state index contributed by atoms with van der Waals surface area (Å²) >= 11 is 6.55.